The average Bonchev–Trinajstić information content (AvgIpc) is 3.00. The van der Waals surface area contributed by atoms with E-state index in [1.54, 1.807) is 18.2 Å². The molecular weight excluding hydrogens is 322 g/mol. The summed E-state index contributed by atoms with van der Waals surface area (Å²) in [6.45, 7) is 2.91. The molecule has 0 saturated heterocycles. The van der Waals surface area contributed by atoms with Crippen LogP contribution < -0.4 is 10.6 Å². The molecule has 0 heterocycles. The lowest BCUT2D eigenvalue weighted by molar-refractivity contribution is 0.138. The molecule has 3 unspecified atom stereocenters. The highest BCUT2D eigenvalue weighted by molar-refractivity contribution is 5.79. The minimum Gasteiger partial charge on any atom is -0.385 e. The average molecular weight is 356 g/mol. The van der Waals surface area contributed by atoms with Gasteiger partial charge in [0.1, 0.15) is 0 Å². The van der Waals surface area contributed by atoms with Gasteiger partial charge < -0.3 is 15.4 Å². The van der Waals surface area contributed by atoms with Crippen LogP contribution >= 0.6 is 0 Å². The second-order valence-electron chi connectivity index (χ2n) is 8.51. The van der Waals surface area contributed by atoms with Crippen LogP contribution in [-0.4, -0.2) is 39.8 Å². The van der Waals surface area contributed by atoms with Crippen molar-refractivity contribution >= 4 is 5.96 Å². The number of fused-ring (bicyclic) bond motifs is 3. The molecule has 26 heavy (non-hydrogen) atoms. The third-order valence-electron chi connectivity index (χ3n) is 7.06. The molecular formula is C22H33N3O. The summed E-state index contributed by atoms with van der Waals surface area (Å²) in [5, 5.41) is 7.21. The molecule has 3 atom stereocenters. The van der Waals surface area contributed by atoms with Gasteiger partial charge in [-0.25, -0.2) is 0 Å². The highest BCUT2D eigenvalue weighted by Gasteiger charge is 2.54. The number of ether oxygens (including phenoxy) is 1. The molecule has 142 valence electrons. The molecule has 0 aliphatic heterocycles. The summed E-state index contributed by atoms with van der Waals surface area (Å²) < 4.78 is 5.35. The smallest absolute Gasteiger partial charge is 0.191 e. The standard InChI is InChI=1S/C22H33N3O/c1-23-21(25-15-22(11-12-26-2)9-5-6-10-22)24-14-19-18-13-16-7-3-4-8-17(16)20(18)19/h3-4,7-8,18-20H,5-6,9-15H2,1-2H3,(H2,23,24,25). The molecule has 1 aromatic carbocycles. The van der Waals surface area contributed by atoms with Crippen molar-refractivity contribution in [2.75, 3.05) is 33.9 Å². The lowest BCUT2D eigenvalue weighted by atomic mass is 9.83. The molecule has 3 aliphatic carbocycles. The van der Waals surface area contributed by atoms with Gasteiger partial charge in [-0.2, -0.15) is 0 Å². The fourth-order valence-electron chi connectivity index (χ4n) is 5.43. The fourth-order valence-corrected chi connectivity index (χ4v) is 5.43. The molecule has 0 amide bonds. The Labute approximate surface area is 157 Å². The van der Waals surface area contributed by atoms with Gasteiger partial charge in [-0.3, -0.25) is 4.99 Å². The number of nitrogens with zero attached hydrogens (tertiary/aromatic N) is 1. The molecule has 0 aromatic heterocycles. The van der Waals surface area contributed by atoms with Crippen molar-refractivity contribution in [1.29, 1.82) is 0 Å². The number of methoxy groups -OCH3 is 1. The molecule has 2 fully saturated rings. The molecule has 2 saturated carbocycles. The number of hydrogen-bond acceptors (Lipinski definition) is 2. The van der Waals surface area contributed by atoms with Crippen molar-refractivity contribution in [3.05, 3.63) is 35.4 Å². The van der Waals surface area contributed by atoms with Crippen molar-refractivity contribution in [3.63, 3.8) is 0 Å². The number of benzene rings is 1. The maximum Gasteiger partial charge on any atom is 0.191 e. The first-order valence-electron chi connectivity index (χ1n) is 10.3. The highest BCUT2D eigenvalue weighted by Crippen LogP contribution is 2.60. The van der Waals surface area contributed by atoms with Crippen LogP contribution in [0.4, 0.5) is 0 Å². The van der Waals surface area contributed by atoms with Gasteiger partial charge in [0, 0.05) is 33.9 Å². The van der Waals surface area contributed by atoms with Gasteiger partial charge in [0.25, 0.3) is 0 Å². The van der Waals surface area contributed by atoms with E-state index in [1.807, 2.05) is 7.05 Å². The van der Waals surface area contributed by atoms with Crippen molar-refractivity contribution in [2.45, 2.75) is 44.4 Å². The van der Waals surface area contributed by atoms with Crippen LogP contribution in [0.15, 0.2) is 29.3 Å². The largest absolute Gasteiger partial charge is 0.385 e. The fraction of sp³-hybridized carbons (Fsp3) is 0.682. The monoisotopic (exact) mass is 355 g/mol. The van der Waals surface area contributed by atoms with Crippen LogP contribution in [0.2, 0.25) is 0 Å². The van der Waals surface area contributed by atoms with Crippen LogP contribution in [0.25, 0.3) is 0 Å². The van der Waals surface area contributed by atoms with Crippen molar-refractivity contribution in [1.82, 2.24) is 10.6 Å². The number of aliphatic imine (C=N–C) groups is 1. The quantitative estimate of drug-likeness (QED) is 0.582. The van der Waals surface area contributed by atoms with Gasteiger partial charge in [0.2, 0.25) is 0 Å². The molecule has 0 bridgehead atoms. The topological polar surface area (TPSA) is 45.7 Å². The normalized spacial score (nSPS) is 28.5. The molecule has 0 spiro atoms. The first-order chi connectivity index (χ1) is 12.8. The maximum atomic E-state index is 5.35. The van der Waals surface area contributed by atoms with E-state index in [0.29, 0.717) is 5.41 Å². The third-order valence-corrected chi connectivity index (χ3v) is 7.06. The summed E-state index contributed by atoms with van der Waals surface area (Å²) in [5.74, 6) is 3.37. The number of hydrogen-bond donors (Lipinski definition) is 2. The molecule has 4 heteroatoms. The molecule has 4 rings (SSSR count). The summed E-state index contributed by atoms with van der Waals surface area (Å²) in [4.78, 5) is 4.46. The van der Waals surface area contributed by atoms with Crippen molar-refractivity contribution in [2.24, 2.45) is 22.2 Å². The van der Waals surface area contributed by atoms with E-state index in [1.165, 1.54) is 32.1 Å². The summed E-state index contributed by atoms with van der Waals surface area (Å²) in [5.41, 5.74) is 3.56. The molecule has 2 N–H and O–H groups in total. The van der Waals surface area contributed by atoms with E-state index in [-0.39, 0.29) is 0 Å². The zero-order valence-corrected chi connectivity index (χ0v) is 16.3. The van der Waals surface area contributed by atoms with Gasteiger partial charge in [0.05, 0.1) is 0 Å². The minimum absolute atomic E-state index is 0.392. The van der Waals surface area contributed by atoms with Crippen LogP contribution in [-0.2, 0) is 11.2 Å². The summed E-state index contributed by atoms with van der Waals surface area (Å²) in [6.07, 6.45) is 7.73. The highest BCUT2D eigenvalue weighted by atomic mass is 16.5. The van der Waals surface area contributed by atoms with Gasteiger partial charge in [-0.15, -0.1) is 0 Å². The van der Waals surface area contributed by atoms with Crippen molar-refractivity contribution < 1.29 is 4.74 Å². The Morgan fingerprint density at radius 3 is 2.81 bits per heavy atom. The zero-order valence-electron chi connectivity index (χ0n) is 16.3. The van der Waals surface area contributed by atoms with E-state index in [9.17, 15) is 0 Å². The van der Waals surface area contributed by atoms with Gasteiger partial charge in [0.15, 0.2) is 5.96 Å². The first-order valence-corrected chi connectivity index (χ1v) is 10.3. The number of guanidine groups is 1. The van der Waals surface area contributed by atoms with Gasteiger partial charge in [-0.05, 0) is 60.0 Å². The summed E-state index contributed by atoms with van der Waals surface area (Å²) >= 11 is 0. The summed E-state index contributed by atoms with van der Waals surface area (Å²) in [7, 11) is 3.69. The van der Waals surface area contributed by atoms with E-state index < -0.39 is 0 Å². The Balaban J connectivity index is 1.26. The number of rotatable bonds is 7. The zero-order chi connectivity index (χ0) is 18.0. The van der Waals surface area contributed by atoms with E-state index in [2.05, 4.69) is 39.9 Å². The van der Waals surface area contributed by atoms with Crippen LogP contribution in [0.3, 0.4) is 0 Å². The molecule has 4 nitrogen and oxygen atoms in total. The van der Waals surface area contributed by atoms with Crippen molar-refractivity contribution in [3.8, 4) is 0 Å². The van der Waals surface area contributed by atoms with Gasteiger partial charge >= 0.3 is 0 Å². The SMILES string of the molecule is CN=C(NCC1C2Cc3ccccc3C12)NCC1(CCOC)CCCC1. The van der Waals surface area contributed by atoms with Crippen LogP contribution in [0.1, 0.15) is 49.1 Å². The Hall–Kier alpha value is -1.55. The predicted octanol–water partition coefficient (Wildman–Crippen LogP) is 3.33. The Morgan fingerprint density at radius 2 is 2.04 bits per heavy atom. The minimum atomic E-state index is 0.392. The summed E-state index contributed by atoms with van der Waals surface area (Å²) in [6, 6.07) is 8.98. The number of nitrogens with one attached hydrogen (secondary N) is 2. The van der Waals surface area contributed by atoms with E-state index in [0.717, 1.165) is 49.8 Å². The van der Waals surface area contributed by atoms with E-state index in [4.69, 9.17) is 4.74 Å². The van der Waals surface area contributed by atoms with E-state index >= 15 is 0 Å². The second-order valence-corrected chi connectivity index (χ2v) is 8.51. The predicted molar refractivity (Wildman–Crippen MR) is 107 cm³/mol. The second kappa shape index (κ2) is 7.59. The lowest BCUT2D eigenvalue weighted by Gasteiger charge is -2.30. The first kappa shape index (κ1) is 17.8. The molecule has 0 radical (unpaired) electrons. The Bertz CT molecular complexity index is 651. The lowest BCUT2D eigenvalue weighted by Crippen LogP contribution is -2.44. The Kier molecular flexibility index (Phi) is 5.21. The molecule has 3 aliphatic rings. The molecule has 1 aromatic rings. The van der Waals surface area contributed by atoms with Crippen LogP contribution in [0, 0.1) is 17.3 Å². The van der Waals surface area contributed by atoms with Gasteiger partial charge in [-0.1, -0.05) is 37.1 Å². The third kappa shape index (κ3) is 3.48. The van der Waals surface area contributed by atoms with Crippen LogP contribution in [0.5, 0.6) is 0 Å². The maximum absolute atomic E-state index is 5.35. The Morgan fingerprint density at radius 1 is 1.23 bits per heavy atom.